The number of nitrogens with zero attached hydrogens (tertiary/aromatic N) is 1. The molecule has 1 aromatic rings. The van der Waals surface area contributed by atoms with E-state index in [4.69, 9.17) is 0 Å². The van der Waals surface area contributed by atoms with Gasteiger partial charge in [0, 0.05) is 17.4 Å². The summed E-state index contributed by atoms with van der Waals surface area (Å²) in [4.78, 5) is 0. The van der Waals surface area contributed by atoms with E-state index in [0.717, 1.165) is 17.9 Å². The lowest BCUT2D eigenvalue weighted by Gasteiger charge is -2.24. The first-order chi connectivity index (χ1) is 7.15. The highest BCUT2D eigenvalue weighted by Gasteiger charge is 2.33. The van der Waals surface area contributed by atoms with Crippen molar-refractivity contribution in [1.29, 1.82) is 0 Å². The molecule has 15 heavy (non-hydrogen) atoms. The van der Waals surface area contributed by atoms with Crippen LogP contribution in [-0.4, -0.2) is 4.57 Å². The van der Waals surface area contributed by atoms with Crippen molar-refractivity contribution in [2.24, 2.45) is 11.8 Å². The van der Waals surface area contributed by atoms with Crippen LogP contribution < -0.4 is 0 Å². The van der Waals surface area contributed by atoms with E-state index in [9.17, 15) is 0 Å². The standard InChI is InChI=1S/C14H23N/c1-5-13-8-9-14(12(13)4)15-10(2)6-7-11(15)3/h6-7,12-14H,5,8-9H2,1-4H3. The maximum absolute atomic E-state index is 2.56. The van der Waals surface area contributed by atoms with Gasteiger partial charge in [-0.2, -0.15) is 0 Å². The highest BCUT2D eigenvalue weighted by Crippen LogP contribution is 2.42. The summed E-state index contributed by atoms with van der Waals surface area (Å²) >= 11 is 0. The van der Waals surface area contributed by atoms with E-state index in [1.54, 1.807) is 0 Å². The number of hydrogen-bond donors (Lipinski definition) is 0. The van der Waals surface area contributed by atoms with E-state index < -0.39 is 0 Å². The van der Waals surface area contributed by atoms with Crippen molar-refractivity contribution in [3.05, 3.63) is 23.5 Å². The average molecular weight is 205 g/mol. The smallest absolute Gasteiger partial charge is 0.0364 e. The fourth-order valence-electron chi connectivity index (χ4n) is 3.37. The van der Waals surface area contributed by atoms with Gasteiger partial charge < -0.3 is 4.57 Å². The summed E-state index contributed by atoms with van der Waals surface area (Å²) in [5, 5.41) is 0. The maximum atomic E-state index is 2.56. The molecule has 1 heteroatoms. The summed E-state index contributed by atoms with van der Waals surface area (Å²) in [6, 6.07) is 5.26. The lowest BCUT2D eigenvalue weighted by molar-refractivity contribution is 0.324. The Morgan fingerprint density at radius 3 is 2.27 bits per heavy atom. The third-order valence-corrected chi connectivity index (χ3v) is 4.37. The van der Waals surface area contributed by atoms with Crippen LogP contribution in [0.1, 0.15) is 50.5 Å². The normalized spacial score (nSPS) is 31.1. The van der Waals surface area contributed by atoms with Gasteiger partial charge in [0.2, 0.25) is 0 Å². The molecule has 1 heterocycles. The molecule has 1 aromatic heterocycles. The minimum Gasteiger partial charge on any atom is -0.346 e. The molecule has 0 aromatic carbocycles. The third-order valence-electron chi connectivity index (χ3n) is 4.37. The Bertz CT molecular complexity index is 318. The molecule has 2 rings (SSSR count). The zero-order valence-corrected chi connectivity index (χ0v) is 10.5. The summed E-state index contributed by atoms with van der Waals surface area (Å²) in [6.45, 7) is 9.24. The average Bonchev–Trinajstić information content (AvgIpc) is 2.71. The van der Waals surface area contributed by atoms with Crippen LogP contribution in [0.2, 0.25) is 0 Å². The number of aromatic nitrogens is 1. The SMILES string of the molecule is CCC1CCC(n2c(C)ccc2C)C1C. The van der Waals surface area contributed by atoms with Crippen LogP contribution in [0.25, 0.3) is 0 Å². The Labute approximate surface area is 93.5 Å². The van der Waals surface area contributed by atoms with Crippen molar-refractivity contribution in [3.63, 3.8) is 0 Å². The van der Waals surface area contributed by atoms with Gasteiger partial charge in [-0.15, -0.1) is 0 Å². The Kier molecular flexibility index (Phi) is 2.90. The maximum Gasteiger partial charge on any atom is 0.0364 e. The molecular weight excluding hydrogens is 182 g/mol. The van der Waals surface area contributed by atoms with Crippen LogP contribution in [0.15, 0.2) is 12.1 Å². The fourth-order valence-corrected chi connectivity index (χ4v) is 3.37. The second-order valence-electron chi connectivity index (χ2n) is 5.16. The van der Waals surface area contributed by atoms with E-state index in [2.05, 4.69) is 44.4 Å². The van der Waals surface area contributed by atoms with Gasteiger partial charge in [-0.05, 0) is 50.7 Å². The van der Waals surface area contributed by atoms with Crippen molar-refractivity contribution in [2.45, 2.75) is 53.0 Å². The van der Waals surface area contributed by atoms with Gasteiger partial charge >= 0.3 is 0 Å². The Morgan fingerprint density at radius 2 is 1.80 bits per heavy atom. The molecule has 3 unspecified atom stereocenters. The summed E-state index contributed by atoms with van der Waals surface area (Å²) in [6.07, 6.45) is 4.13. The van der Waals surface area contributed by atoms with E-state index in [1.807, 2.05) is 0 Å². The first kappa shape index (κ1) is 10.8. The quantitative estimate of drug-likeness (QED) is 0.685. The van der Waals surface area contributed by atoms with Crippen LogP contribution in [0.5, 0.6) is 0 Å². The zero-order valence-electron chi connectivity index (χ0n) is 10.5. The molecule has 1 nitrogen and oxygen atoms in total. The van der Waals surface area contributed by atoms with Crippen molar-refractivity contribution in [2.75, 3.05) is 0 Å². The zero-order chi connectivity index (χ0) is 11.0. The fraction of sp³-hybridized carbons (Fsp3) is 0.714. The van der Waals surface area contributed by atoms with Crippen LogP contribution in [0.4, 0.5) is 0 Å². The Balaban J connectivity index is 2.26. The molecule has 0 saturated heterocycles. The largest absolute Gasteiger partial charge is 0.346 e. The molecule has 0 spiro atoms. The van der Waals surface area contributed by atoms with E-state index in [-0.39, 0.29) is 0 Å². The Morgan fingerprint density at radius 1 is 1.20 bits per heavy atom. The van der Waals surface area contributed by atoms with Crippen molar-refractivity contribution < 1.29 is 0 Å². The summed E-state index contributed by atoms with van der Waals surface area (Å²) < 4.78 is 2.56. The second kappa shape index (κ2) is 4.03. The molecule has 1 fully saturated rings. The minimum atomic E-state index is 0.755. The number of hydrogen-bond acceptors (Lipinski definition) is 0. The van der Waals surface area contributed by atoms with Crippen LogP contribution >= 0.6 is 0 Å². The van der Waals surface area contributed by atoms with E-state index in [1.165, 1.54) is 30.7 Å². The molecule has 0 aliphatic heterocycles. The molecule has 0 N–H and O–H groups in total. The first-order valence-electron chi connectivity index (χ1n) is 6.29. The highest BCUT2D eigenvalue weighted by molar-refractivity contribution is 5.16. The topological polar surface area (TPSA) is 4.93 Å². The second-order valence-corrected chi connectivity index (χ2v) is 5.16. The van der Waals surface area contributed by atoms with Gasteiger partial charge in [0.1, 0.15) is 0 Å². The molecule has 0 bridgehead atoms. The molecule has 1 aliphatic carbocycles. The molecule has 1 aliphatic rings. The van der Waals surface area contributed by atoms with Gasteiger partial charge in [0.05, 0.1) is 0 Å². The summed E-state index contributed by atoms with van der Waals surface area (Å²) in [5.74, 6) is 1.79. The van der Waals surface area contributed by atoms with Gasteiger partial charge in [0.25, 0.3) is 0 Å². The van der Waals surface area contributed by atoms with Gasteiger partial charge in [-0.3, -0.25) is 0 Å². The van der Waals surface area contributed by atoms with Crippen molar-refractivity contribution in [3.8, 4) is 0 Å². The van der Waals surface area contributed by atoms with Crippen molar-refractivity contribution >= 4 is 0 Å². The van der Waals surface area contributed by atoms with Gasteiger partial charge in [-0.1, -0.05) is 20.3 Å². The lowest BCUT2D eigenvalue weighted by atomic mass is 9.93. The van der Waals surface area contributed by atoms with E-state index in [0.29, 0.717) is 0 Å². The predicted molar refractivity (Wildman–Crippen MR) is 65.1 cm³/mol. The number of rotatable bonds is 2. The highest BCUT2D eigenvalue weighted by atomic mass is 15.0. The predicted octanol–water partition coefficient (Wildman–Crippen LogP) is 4.10. The molecule has 0 amide bonds. The first-order valence-corrected chi connectivity index (χ1v) is 6.29. The Hall–Kier alpha value is -0.720. The van der Waals surface area contributed by atoms with Crippen LogP contribution in [-0.2, 0) is 0 Å². The third kappa shape index (κ3) is 1.73. The molecule has 3 atom stereocenters. The monoisotopic (exact) mass is 205 g/mol. The number of aryl methyl sites for hydroxylation is 2. The van der Waals surface area contributed by atoms with E-state index >= 15 is 0 Å². The minimum absolute atomic E-state index is 0.755. The molecule has 1 saturated carbocycles. The summed E-state index contributed by atoms with van der Waals surface area (Å²) in [7, 11) is 0. The summed E-state index contributed by atoms with van der Waals surface area (Å²) in [5.41, 5.74) is 2.86. The lowest BCUT2D eigenvalue weighted by Crippen LogP contribution is -2.17. The molecule has 84 valence electrons. The van der Waals surface area contributed by atoms with Gasteiger partial charge in [0.15, 0.2) is 0 Å². The van der Waals surface area contributed by atoms with Crippen LogP contribution in [0.3, 0.4) is 0 Å². The van der Waals surface area contributed by atoms with Gasteiger partial charge in [-0.25, -0.2) is 0 Å². The molecular formula is C14H23N. The van der Waals surface area contributed by atoms with Crippen LogP contribution in [0, 0.1) is 25.7 Å². The molecule has 0 radical (unpaired) electrons. The van der Waals surface area contributed by atoms with Crippen molar-refractivity contribution in [1.82, 2.24) is 4.57 Å².